The summed E-state index contributed by atoms with van der Waals surface area (Å²) in [6.07, 6.45) is 0. The van der Waals surface area contributed by atoms with Gasteiger partial charge in [-0.05, 0) is 0 Å². The third-order valence-electron chi connectivity index (χ3n) is 1.13. The van der Waals surface area contributed by atoms with Gasteiger partial charge in [-0.3, -0.25) is 0 Å². The zero-order valence-electron chi connectivity index (χ0n) is 5.79. The number of nitrogen functional groups attached to an aromatic ring is 1. The Hall–Kier alpha value is -0.940. The Morgan fingerprint density at radius 3 is 2.50 bits per heavy atom. The lowest BCUT2D eigenvalue weighted by molar-refractivity contribution is 0.964. The number of hydrogen-bond acceptors (Lipinski definition) is 5. The van der Waals surface area contributed by atoms with Crippen molar-refractivity contribution in [3.63, 3.8) is 0 Å². The lowest BCUT2D eigenvalue weighted by atomic mass is 10.4. The van der Waals surface area contributed by atoms with Crippen molar-refractivity contribution < 1.29 is 0 Å². The van der Waals surface area contributed by atoms with E-state index in [0.29, 0.717) is 0 Å². The van der Waals surface area contributed by atoms with Crippen LogP contribution < -0.4 is 5.73 Å². The molecule has 0 amide bonds. The summed E-state index contributed by atoms with van der Waals surface area (Å²) in [5.41, 5.74) is 5.60. The molecular formula is C5H4Cl2N4O. The molecule has 0 bridgehead atoms. The van der Waals surface area contributed by atoms with Crippen LogP contribution in [0.3, 0.4) is 0 Å². The Bertz CT molecular complexity index is 317. The lowest BCUT2D eigenvalue weighted by Crippen LogP contribution is -2.01. The first-order valence-electron chi connectivity index (χ1n) is 2.91. The minimum absolute atomic E-state index is 0.0174. The molecule has 1 aromatic heterocycles. The molecular weight excluding hydrogens is 203 g/mol. The maximum absolute atomic E-state index is 9.87. The number of rotatable bonds is 2. The standard InChI is InChI=1S/C5H4Cl2N4O/c6-3-4(7)11-5(8)2(10-3)1-9-12/h1H2,(H2,8,11). The van der Waals surface area contributed by atoms with Crippen molar-refractivity contribution in [1.82, 2.24) is 9.97 Å². The summed E-state index contributed by atoms with van der Waals surface area (Å²) in [6.45, 7) is -0.157. The first kappa shape index (κ1) is 9.15. The molecule has 0 spiro atoms. The summed E-state index contributed by atoms with van der Waals surface area (Å²) >= 11 is 11.0. The number of halogens is 2. The highest BCUT2D eigenvalue weighted by Crippen LogP contribution is 2.20. The van der Waals surface area contributed by atoms with Gasteiger partial charge in [-0.25, -0.2) is 9.97 Å². The number of anilines is 1. The highest BCUT2D eigenvalue weighted by Gasteiger charge is 2.07. The van der Waals surface area contributed by atoms with Crippen molar-refractivity contribution in [1.29, 1.82) is 0 Å². The average Bonchev–Trinajstić information content (AvgIpc) is 2.01. The molecule has 0 aliphatic carbocycles. The van der Waals surface area contributed by atoms with Gasteiger partial charge in [-0.15, -0.1) is 0 Å². The predicted molar refractivity (Wildman–Crippen MR) is 46.0 cm³/mol. The Morgan fingerprint density at radius 2 is 1.92 bits per heavy atom. The smallest absolute Gasteiger partial charge is 0.168 e. The molecule has 1 rings (SSSR count). The van der Waals surface area contributed by atoms with Crippen LogP contribution in [0.2, 0.25) is 10.3 Å². The number of nitrogens with two attached hydrogens (primary N) is 1. The molecule has 0 saturated carbocycles. The maximum Gasteiger partial charge on any atom is 0.168 e. The van der Waals surface area contributed by atoms with Crippen molar-refractivity contribution in [2.75, 3.05) is 5.73 Å². The minimum atomic E-state index is -0.157. The Balaban J connectivity index is 3.13. The van der Waals surface area contributed by atoms with Crippen LogP contribution in [0.15, 0.2) is 5.18 Å². The van der Waals surface area contributed by atoms with Crippen LogP contribution in [-0.4, -0.2) is 9.97 Å². The minimum Gasteiger partial charge on any atom is -0.382 e. The SMILES string of the molecule is Nc1nc(Cl)c(Cl)nc1CN=O. The van der Waals surface area contributed by atoms with Crippen LogP contribution in [0.1, 0.15) is 5.69 Å². The maximum atomic E-state index is 9.87. The fraction of sp³-hybridized carbons (Fsp3) is 0.200. The normalized spacial score (nSPS) is 9.83. The van der Waals surface area contributed by atoms with Crippen molar-refractivity contribution in [3.05, 3.63) is 20.9 Å². The van der Waals surface area contributed by atoms with E-state index in [1.54, 1.807) is 0 Å². The van der Waals surface area contributed by atoms with Crippen molar-refractivity contribution in [2.24, 2.45) is 5.18 Å². The third kappa shape index (κ3) is 1.80. The molecule has 0 atom stereocenters. The van der Waals surface area contributed by atoms with Crippen molar-refractivity contribution >= 4 is 29.0 Å². The van der Waals surface area contributed by atoms with Gasteiger partial charge in [0.05, 0.1) is 0 Å². The van der Waals surface area contributed by atoms with Crippen LogP contribution in [-0.2, 0) is 6.54 Å². The fourth-order valence-electron chi connectivity index (χ4n) is 0.616. The van der Waals surface area contributed by atoms with E-state index in [2.05, 4.69) is 15.1 Å². The molecule has 0 saturated heterocycles. The van der Waals surface area contributed by atoms with E-state index >= 15 is 0 Å². The van der Waals surface area contributed by atoms with E-state index in [9.17, 15) is 4.91 Å². The quantitative estimate of drug-likeness (QED) is 0.747. The third-order valence-corrected chi connectivity index (χ3v) is 1.76. The van der Waals surface area contributed by atoms with Gasteiger partial charge in [-0.1, -0.05) is 28.4 Å². The molecule has 1 aromatic rings. The summed E-state index contributed by atoms with van der Waals surface area (Å²) in [6, 6.07) is 0. The first-order valence-corrected chi connectivity index (χ1v) is 3.67. The number of hydrogen-bond donors (Lipinski definition) is 1. The van der Waals surface area contributed by atoms with E-state index in [1.165, 1.54) is 0 Å². The molecule has 1 heterocycles. The monoisotopic (exact) mass is 206 g/mol. The lowest BCUT2D eigenvalue weighted by Gasteiger charge is -2.00. The largest absolute Gasteiger partial charge is 0.382 e. The van der Waals surface area contributed by atoms with Gasteiger partial charge < -0.3 is 5.73 Å². The Morgan fingerprint density at radius 1 is 1.33 bits per heavy atom. The van der Waals surface area contributed by atoms with Crippen LogP contribution in [0.25, 0.3) is 0 Å². The zero-order valence-corrected chi connectivity index (χ0v) is 7.30. The molecule has 0 aliphatic heterocycles. The molecule has 0 fully saturated rings. The van der Waals surface area contributed by atoms with Crippen LogP contribution in [0, 0.1) is 4.91 Å². The van der Waals surface area contributed by atoms with Crippen LogP contribution in [0.4, 0.5) is 5.82 Å². The second-order valence-corrected chi connectivity index (χ2v) is 2.64. The van der Waals surface area contributed by atoms with Gasteiger partial charge in [0, 0.05) is 0 Å². The summed E-state index contributed by atoms with van der Waals surface area (Å²) < 4.78 is 0. The molecule has 7 heteroatoms. The van der Waals surface area contributed by atoms with E-state index in [4.69, 9.17) is 28.9 Å². The molecule has 2 N–H and O–H groups in total. The Kier molecular flexibility index (Phi) is 2.78. The molecule has 12 heavy (non-hydrogen) atoms. The number of aromatic nitrogens is 2. The van der Waals surface area contributed by atoms with Gasteiger partial charge in [-0.2, -0.15) is 4.91 Å². The molecule has 0 aliphatic rings. The number of nitroso groups, excluding NO2 is 1. The summed E-state index contributed by atoms with van der Waals surface area (Å²) in [4.78, 5) is 17.2. The van der Waals surface area contributed by atoms with Crippen molar-refractivity contribution in [2.45, 2.75) is 6.54 Å². The fourth-order valence-corrected chi connectivity index (χ4v) is 0.893. The van der Waals surface area contributed by atoms with Crippen LogP contribution >= 0.6 is 23.2 Å². The topological polar surface area (TPSA) is 81.2 Å². The average molecular weight is 207 g/mol. The second-order valence-electron chi connectivity index (χ2n) is 1.92. The van der Waals surface area contributed by atoms with Gasteiger partial charge in [0.2, 0.25) is 0 Å². The van der Waals surface area contributed by atoms with E-state index < -0.39 is 0 Å². The van der Waals surface area contributed by atoms with Gasteiger partial charge in [0.1, 0.15) is 18.1 Å². The van der Waals surface area contributed by atoms with E-state index in [1.807, 2.05) is 0 Å². The van der Waals surface area contributed by atoms with Gasteiger partial charge >= 0.3 is 0 Å². The van der Waals surface area contributed by atoms with Crippen molar-refractivity contribution in [3.8, 4) is 0 Å². The Labute approximate surface area is 77.9 Å². The zero-order chi connectivity index (χ0) is 9.14. The molecule has 0 aromatic carbocycles. The predicted octanol–water partition coefficient (Wildman–Crippen LogP) is 1.63. The summed E-state index contributed by atoms with van der Waals surface area (Å²) in [5, 5.41) is 2.64. The highest BCUT2D eigenvalue weighted by molar-refractivity contribution is 6.40. The molecule has 0 radical (unpaired) electrons. The second kappa shape index (κ2) is 3.64. The molecule has 64 valence electrons. The number of nitrogens with zero attached hydrogens (tertiary/aromatic N) is 3. The van der Waals surface area contributed by atoms with E-state index in [0.717, 1.165) is 0 Å². The molecule has 5 nitrogen and oxygen atoms in total. The summed E-state index contributed by atoms with van der Waals surface area (Å²) in [5.74, 6) is 0.0731. The van der Waals surface area contributed by atoms with Gasteiger partial charge in [0.25, 0.3) is 0 Å². The first-order chi connectivity index (χ1) is 5.65. The molecule has 0 unspecified atom stereocenters. The van der Waals surface area contributed by atoms with Crippen LogP contribution in [0.5, 0.6) is 0 Å². The van der Waals surface area contributed by atoms with Gasteiger partial charge in [0.15, 0.2) is 10.3 Å². The van der Waals surface area contributed by atoms with E-state index in [-0.39, 0.29) is 28.4 Å². The highest BCUT2D eigenvalue weighted by atomic mass is 35.5. The summed E-state index contributed by atoms with van der Waals surface area (Å²) in [7, 11) is 0.